The van der Waals surface area contributed by atoms with Crippen molar-refractivity contribution in [3.05, 3.63) is 0 Å². The maximum absolute atomic E-state index is 8.82. The maximum atomic E-state index is 8.82. The zero-order valence-electron chi connectivity index (χ0n) is 3.23. The minimum absolute atomic E-state index is 0. The Labute approximate surface area is 54.8 Å². The summed E-state index contributed by atoms with van der Waals surface area (Å²) in [4.78, 5) is 0. The summed E-state index contributed by atoms with van der Waals surface area (Å²) in [5.41, 5.74) is 0. The first-order valence-corrected chi connectivity index (χ1v) is 2.88. The molecule has 0 aliphatic rings. The van der Waals surface area contributed by atoms with Gasteiger partial charge in [-0.05, 0) is 0 Å². The van der Waals surface area contributed by atoms with Gasteiger partial charge in [0, 0.05) is 0 Å². The fourth-order valence-corrected chi connectivity index (χ4v) is 0. The molecule has 0 fully saturated rings. The summed E-state index contributed by atoms with van der Waals surface area (Å²) in [5.74, 6) is 0. The Morgan fingerprint density at radius 2 is 1.14 bits per heavy atom. The average molecular weight is 199 g/mol. The van der Waals surface area contributed by atoms with Crippen molar-refractivity contribution in [2.75, 3.05) is 0 Å². The van der Waals surface area contributed by atoms with E-state index in [1.54, 1.807) is 0 Å². The molecule has 0 saturated heterocycles. The summed E-state index contributed by atoms with van der Waals surface area (Å²) in [6.45, 7) is 0. The fourth-order valence-electron chi connectivity index (χ4n) is 0. The molecule has 0 spiro atoms. The summed E-state index contributed by atoms with van der Waals surface area (Å²) >= 11 is -5.25. The molecule has 0 unspecified atom stereocenters. The van der Waals surface area contributed by atoms with Gasteiger partial charge in [0.2, 0.25) is 0 Å². The first-order chi connectivity index (χ1) is 2.00. The molecule has 0 aliphatic carbocycles. The molecule has 2 N–H and O–H groups in total. The molecule has 40 valence electrons. The largest absolute Gasteiger partial charge is 2.00 e. The SMILES string of the molecule is [O-2].[O]=[Cr](=[O])([OH])[OH].[Zn+2]. The minimum atomic E-state index is -5.25. The van der Waals surface area contributed by atoms with Crippen LogP contribution < -0.4 is 0 Å². The van der Waals surface area contributed by atoms with Gasteiger partial charge in [-0.2, -0.15) is 0 Å². The molecule has 7 heteroatoms. The van der Waals surface area contributed by atoms with Gasteiger partial charge >= 0.3 is 49.0 Å². The summed E-state index contributed by atoms with van der Waals surface area (Å²) < 4.78 is 31.9. The molecule has 7 heavy (non-hydrogen) atoms. The van der Waals surface area contributed by atoms with E-state index in [1.807, 2.05) is 0 Å². The van der Waals surface area contributed by atoms with Crippen LogP contribution in [0.15, 0.2) is 0 Å². The van der Waals surface area contributed by atoms with Crippen LogP contribution in [-0.2, 0) is 46.2 Å². The third-order valence-corrected chi connectivity index (χ3v) is 0. The monoisotopic (exact) mass is 198 g/mol. The van der Waals surface area contributed by atoms with Crippen molar-refractivity contribution in [3.8, 4) is 0 Å². The molecule has 0 bridgehead atoms. The second kappa shape index (κ2) is 4.79. The zero-order valence-corrected chi connectivity index (χ0v) is 7.48. The first kappa shape index (κ1) is 15.6. The van der Waals surface area contributed by atoms with Crippen LogP contribution in [0.4, 0.5) is 0 Å². The predicted octanol–water partition coefficient (Wildman–Crippen LogP) is -1.48. The molecule has 0 aromatic heterocycles. The molecule has 0 amide bonds. The Kier molecular flexibility index (Phi) is 10.7. The molecular formula is H2CrO5Zn. The van der Waals surface area contributed by atoms with Crippen LogP contribution in [0.2, 0.25) is 0 Å². The Balaban J connectivity index is -0.0000000800. The molecule has 0 saturated carbocycles. The van der Waals surface area contributed by atoms with Crippen molar-refractivity contribution < 1.29 is 54.5 Å². The van der Waals surface area contributed by atoms with Gasteiger partial charge in [-0.25, -0.2) is 0 Å². The van der Waals surface area contributed by atoms with E-state index in [9.17, 15) is 0 Å². The molecule has 0 radical (unpaired) electrons. The van der Waals surface area contributed by atoms with E-state index < -0.39 is 13.6 Å². The van der Waals surface area contributed by atoms with Crippen molar-refractivity contribution in [1.29, 1.82) is 0 Å². The van der Waals surface area contributed by atoms with Crippen molar-refractivity contribution in [2.45, 2.75) is 0 Å². The second-order valence-corrected chi connectivity index (χ2v) is 1.85. The summed E-state index contributed by atoms with van der Waals surface area (Å²) in [6.07, 6.45) is 0. The Morgan fingerprint density at radius 3 is 1.14 bits per heavy atom. The molecular weight excluding hydrogens is 197 g/mol. The van der Waals surface area contributed by atoms with E-state index >= 15 is 0 Å². The molecule has 0 aromatic carbocycles. The van der Waals surface area contributed by atoms with E-state index in [0.29, 0.717) is 0 Å². The summed E-state index contributed by atoms with van der Waals surface area (Å²) in [7, 11) is 0. The second-order valence-electron chi connectivity index (χ2n) is 0.448. The Hall–Kier alpha value is 0.636. The van der Waals surface area contributed by atoms with E-state index in [1.165, 1.54) is 0 Å². The molecule has 0 aromatic rings. The van der Waals surface area contributed by atoms with E-state index in [4.69, 9.17) is 15.9 Å². The fraction of sp³-hybridized carbons (Fsp3) is 0. The minimum Gasteiger partial charge on any atom is 2.00 e. The van der Waals surface area contributed by atoms with Crippen LogP contribution in [0.1, 0.15) is 0 Å². The molecule has 5 nitrogen and oxygen atoms in total. The van der Waals surface area contributed by atoms with Crippen LogP contribution in [0, 0.1) is 0 Å². The van der Waals surface area contributed by atoms with Crippen LogP contribution in [0.5, 0.6) is 0 Å². The molecule has 0 aliphatic heterocycles. The average Bonchev–Trinajstić information content (AvgIpc) is 0.722. The van der Waals surface area contributed by atoms with Crippen LogP contribution in [-0.4, -0.2) is 8.32 Å². The van der Waals surface area contributed by atoms with E-state index in [0.717, 1.165) is 0 Å². The Bertz CT molecular complexity index is 91.2. The van der Waals surface area contributed by atoms with Gasteiger partial charge < -0.3 is 5.48 Å². The van der Waals surface area contributed by atoms with Gasteiger partial charge in [0.1, 0.15) is 0 Å². The summed E-state index contributed by atoms with van der Waals surface area (Å²) in [6, 6.07) is 0. The number of hydrogen-bond acceptors (Lipinski definition) is 2. The Morgan fingerprint density at radius 1 is 1.14 bits per heavy atom. The quantitative estimate of drug-likeness (QED) is 0.465. The summed E-state index contributed by atoms with van der Waals surface area (Å²) in [5, 5.41) is 0. The van der Waals surface area contributed by atoms with Gasteiger partial charge in [-0.15, -0.1) is 0 Å². The molecule has 0 rings (SSSR count). The standard InChI is InChI=1S/Cr.2H2O.3O.Zn/h;2*1H2;;;;/q+2;;;;;-2;+2/p-2. The third-order valence-electron chi connectivity index (χ3n) is 0. The first-order valence-electron chi connectivity index (χ1n) is 0.698. The van der Waals surface area contributed by atoms with Gasteiger partial charge in [-0.3, -0.25) is 0 Å². The predicted molar refractivity (Wildman–Crippen MR) is 6.50 cm³/mol. The van der Waals surface area contributed by atoms with Crippen molar-refractivity contribution in [2.24, 2.45) is 0 Å². The van der Waals surface area contributed by atoms with E-state index in [-0.39, 0.29) is 25.0 Å². The van der Waals surface area contributed by atoms with Gasteiger partial charge in [0.05, 0.1) is 0 Å². The normalized spacial score (nSPS) is 8.29. The molecule has 0 atom stereocenters. The number of hydrogen-bond donors (Lipinski definition) is 2. The van der Waals surface area contributed by atoms with Crippen LogP contribution >= 0.6 is 0 Å². The van der Waals surface area contributed by atoms with Crippen molar-refractivity contribution in [1.82, 2.24) is 0 Å². The van der Waals surface area contributed by atoms with Gasteiger partial charge in [-0.1, -0.05) is 0 Å². The number of rotatable bonds is 0. The van der Waals surface area contributed by atoms with Gasteiger partial charge in [0.25, 0.3) is 0 Å². The zero-order chi connectivity index (χ0) is 4.50. The topological polar surface area (TPSA) is 103 Å². The smallest absolute Gasteiger partial charge is 2.00 e. The maximum Gasteiger partial charge on any atom is 2.00 e. The van der Waals surface area contributed by atoms with Crippen molar-refractivity contribution >= 4 is 0 Å². The van der Waals surface area contributed by atoms with Gasteiger partial charge in [0.15, 0.2) is 0 Å². The van der Waals surface area contributed by atoms with Crippen LogP contribution in [0.3, 0.4) is 0 Å². The van der Waals surface area contributed by atoms with E-state index in [2.05, 4.69) is 0 Å². The van der Waals surface area contributed by atoms with Crippen LogP contribution in [0.25, 0.3) is 0 Å². The third kappa shape index (κ3) is 353. The molecule has 0 heterocycles. The van der Waals surface area contributed by atoms with Crippen molar-refractivity contribution in [3.63, 3.8) is 0 Å².